The number of benzene rings is 1. The van der Waals surface area contributed by atoms with E-state index in [1.165, 1.54) is 12.0 Å². The van der Waals surface area contributed by atoms with Gasteiger partial charge in [-0.15, -0.1) is 0 Å². The number of likely N-dealkylation sites (N-methyl/N-ethyl adjacent to an activating group) is 1. The van der Waals surface area contributed by atoms with Gasteiger partial charge in [-0.3, -0.25) is 0 Å². The van der Waals surface area contributed by atoms with Gasteiger partial charge in [0.25, 0.3) is 0 Å². The van der Waals surface area contributed by atoms with Gasteiger partial charge in [-0.05, 0) is 30.8 Å². The first-order chi connectivity index (χ1) is 10.7. The molecule has 0 bridgehead atoms. The predicted octanol–water partition coefficient (Wildman–Crippen LogP) is 1.94. The lowest BCUT2D eigenvalue weighted by molar-refractivity contribution is 0.271. The molecule has 1 aliphatic rings. The number of nitrogen functional groups attached to an aromatic ring is 1. The standard InChI is InChI=1S/C16H22N6/c1-2-21-7-9-22(10-8-21)14-5-3-13(4-6-14)20-16-11-15(17)18-12-19-16/h3-6,11-12H,2,7-10H2,1H3,(H3,17,18,19,20). The first-order valence-electron chi connectivity index (χ1n) is 7.66. The Labute approximate surface area is 131 Å². The average Bonchev–Trinajstić information content (AvgIpc) is 2.56. The van der Waals surface area contributed by atoms with E-state index in [9.17, 15) is 0 Å². The van der Waals surface area contributed by atoms with E-state index in [1.54, 1.807) is 6.07 Å². The average molecular weight is 298 g/mol. The lowest BCUT2D eigenvalue weighted by Gasteiger charge is -2.35. The first-order valence-corrected chi connectivity index (χ1v) is 7.66. The Balaban J connectivity index is 1.63. The third-order valence-corrected chi connectivity index (χ3v) is 4.01. The smallest absolute Gasteiger partial charge is 0.135 e. The van der Waals surface area contributed by atoms with E-state index in [2.05, 4.69) is 56.3 Å². The minimum Gasteiger partial charge on any atom is -0.384 e. The lowest BCUT2D eigenvalue weighted by atomic mass is 10.2. The fourth-order valence-electron chi connectivity index (χ4n) is 2.67. The number of hydrogen-bond acceptors (Lipinski definition) is 6. The zero-order valence-corrected chi connectivity index (χ0v) is 12.9. The highest BCUT2D eigenvalue weighted by Gasteiger charge is 2.15. The Hall–Kier alpha value is -2.34. The molecule has 0 saturated carbocycles. The molecule has 1 aromatic carbocycles. The number of nitrogens with zero attached hydrogens (tertiary/aromatic N) is 4. The van der Waals surface area contributed by atoms with Crippen molar-refractivity contribution in [2.75, 3.05) is 48.7 Å². The number of piperazine rings is 1. The van der Waals surface area contributed by atoms with Crippen molar-refractivity contribution >= 4 is 23.0 Å². The Morgan fingerprint density at radius 1 is 1.09 bits per heavy atom. The van der Waals surface area contributed by atoms with Crippen LogP contribution in [0.4, 0.5) is 23.0 Å². The van der Waals surface area contributed by atoms with Crippen LogP contribution in [0.25, 0.3) is 0 Å². The van der Waals surface area contributed by atoms with Gasteiger partial charge in [0, 0.05) is 43.6 Å². The van der Waals surface area contributed by atoms with Gasteiger partial charge in [0.2, 0.25) is 0 Å². The molecule has 3 N–H and O–H groups in total. The fraction of sp³-hybridized carbons (Fsp3) is 0.375. The van der Waals surface area contributed by atoms with E-state index in [1.807, 2.05) is 0 Å². The number of anilines is 4. The van der Waals surface area contributed by atoms with Crippen LogP contribution in [0.15, 0.2) is 36.7 Å². The molecule has 2 aromatic rings. The molecule has 1 aliphatic heterocycles. The third kappa shape index (κ3) is 3.46. The van der Waals surface area contributed by atoms with E-state index in [0.29, 0.717) is 11.6 Å². The summed E-state index contributed by atoms with van der Waals surface area (Å²) in [6, 6.07) is 10.2. The molecule has 0 amide bonds. The lowest BCUT2D eigenvalue weighted by Crippen LogP contribution is -2.46. The maximum absolute atomic E-state index is 5.65. The van der Waals surface area contributed by atoms with Gasteiger partial charge in [0.1, 0.15) is 18.0 Å². The maximum atomic E-state index is 5.65. The van der Waals surface area contributed by atoms with Gasteiger partial charge in [-0.2, -0.15) is 0 Å². The van der Waals surface area contributed by atoms with Crippen molar-refractivity contribution in [3.8, 4) is 0 Å². The fourth-order valence-corrected chi connectivity index (χ4v) is 2.67. The van der Waals surface area contributed by atoms with Crippen molar-refractivity contribution in [1.82, 2.24) is 14.9 Å². The van der Waals surface area contributed by atoms with Gasteiger partial charge in [0.05, 0.1) is 0 Å². The zero-order chi connectivity index (χ0) is 15.4. The molecular weight excluding hydrogens is 276 g/mol. The molecular formula is C16H22N6. The van der Waals surface area contributed by atoms with Crippen molar-refractivity contribution in [3.63, 3.8) is 0 Å². The first kappa shape index (κ1) is 14.6. The largest absolute Gasteiger partial charge is 0.384 e. The molecule has 1 aromatic heterocycles. The van der Waals surface area contributed by atoms with Gasteiger partial charge in [0.15, 0.2) is 0 Å². The number of hydrogen-bond donors (Lipinski definition) is 2. The Morgan fingerprint density at radius 3 is 2.45 bits per heavy atom. The highest BCUT2D eigenvalue weighted by molar-refractivity contribution is 5.62. The van der Waals surface area contributed by atoms with Crippen LogP contribution in [-0.4, -0.2) is 47.6 Å². The van der Waals surface area contributed by atoms with Crippen LogP contribution in [0.3, 0.4) is 0 Å². The molecule has 0 aliphatic carbocycles. The van der Waals surface area contributed by atoms with E-state index < -0.39 is 0 Å². The van der Waals surface area contributed by atoms with Crippen LogP contribution in [0.5, 0.6) is 0 Å². The second-order valence-corrected chi connectivity index (χ2v) is 5.42. The number of nitrogens with one attached hydrogen (secondary N) is 1. The molecule has 1 fully saturated rings. The minimum atomic E-state index is 0.461. The normalized spacial score (nSPS) is 15.8. The molecule has 22 heavy (non-hydrogen) atoms. The highest BCUT2D eigenvalue weighted by Crippen LogP contribution is 2.21. The van der Waals surface area contributed by atoms with Crippen molar-refractivity contribution < 1.29 is 0 Å². The van der Waals surface area contributed by atoms with Crippen LogP contribution in [0, 0.1) is 0 Å². The molecule has 0 radical (unpaired) electrons. The van der Waals surface area contributed by atoms with Gasteiger partial charge >= 0.3 is 0 Å². The van der Waals surface area contributed by atoms with Crippen LogP contribution < -0.4 is 16.0 Å². The van der Waals surface area contributed by atoms with Crippen molar-refractivity contribution in [1.29, 1.82) is 0 Å². The van der Waals surface area contributed by atoms with E-state index in [4.69, 9.17) is 5.73 Å². The molecule has 0 unspecified atom stereocenters. The Bertz CT molecular complexity index is 604. The minimum absolute atomic E-state index is 0.461. The highest BCUT2D eigenvalue weighted by atomic mass is 15.3. The second kappa shape index (κ2) is 6.62. The summed E-state index contributed by atoms with van der Waals surface area (Å²) in [4.78, 5) is 12.9. The monoisotopic (exact) mass is 298 g/mol. The second-order valence-electron chi connectivity index (χ2n) is 5.42. The molecule has 6 heteroatoms. The summed E-state index contributed by atoms with van der Waals surface area (Å²) >= 11 is 0. The molecule has 3 rings (SSSR count). The van der Waals surface area contributed by atoms with Crippen LogP contribution in [0.2, 0.25) is 0 Å². The summed E-state index contributed by atoms with van der Waals surface area (Å²) < 4.78 is 0. The topological polar surface area (TPSA) is 70.3 Å². The van der Waals surface area contributed by atoms with Gasteiger partial charge in [-0.25, -0.2) is 9.97 Å². The molecule has 1 saturated heterocycles. The third-order valence-electron chi connectivity index (χ3n) is 4.01. The summed E-state index contributed by atoms with van der Waals surface area (Å²) in [5.74, 6) is 1.17. The molecule has 6 nitrogen and oxygen atoms in total. The zero-order valence-electron chi connectivity index (χ0n) is 12.9. The summed E-state index contributed by atoms with van der Waals surface area (Å²) in [5.41, 5.74) is 7.92. The van der Waals surface area contributed by atoms with E-state index in [0.717, 1.165) is 38.4 Å². The van der Waals surface area contributed by atoms with E-state index >= 15 is 0 Å². The van der Waals surface area contributed by atoms with E-state index in [-0.39, 0.29) is 0 Å². The molecule has 2 heterocycles. The van der Waals surface area contributed by atoms with Crippen LogP contribution >= 0.6 is 0 Å². The summed E-state index contributed by atoms with van der Waals surface area (Å²) in [5, 5.41) is 3.23. The van der Waals surface area contributed by atoms with Gasteiger partial charge < -0.3 is 20.9 Å². The molecule has 0 spiro atoms. The number of nitrogens with two attached hydrogens (primary N) is 1. The van der Waals surface area contributed by atoms with Crippen molar-refractivity contribution in [2.45, 2.75) is 6.92 Å². The summed E-state index contributed by atoms with van der Waals surface area (Å²) in [7, 11) is 0. The predicted molar refractivity (Wildman–Crippen MR) is 90.5 cm³/mol. The van der Waals surface area contributed by atoms with Crippen LogP contribution in [-0.2, 0) is 0 Å². The molecule has 0 atom stereocenters. The van der Waals surface area contributed by atoms with Crippen LogP contribution in [0.1, 0.15) is 6.92 Å². The SMILES string of the molecule is CCN1CCN(c2ccc(Nc3cc(N)ncn3)cc2)CC1. The van der Waals surface area contributed by atoms with Crippen molar-refractivity contribution in [3.05, 3.63) is 36.7 Å². The van der Waals surface area contributed by atoms with Crippen molar-refractivity contribution in [2.24, 2.45) is 0 Å². The number of aromatic nitrogens is 2. The summed E-state index contributed by atoms with van der Waals surface area (Å²) in [6.45, 7) is 7.80. The quantitative estimate of drug-likeness (QED) is 0.899. The number of rotatable bonds is 4. The Kier molecular flexibility index (Phi) is 4.39. The summed E-state index contributed by atoms with van der Waals surface area (Å²) in [6.07, 6.45) is 1.46. The van der Waals surface area contributed by atoms with Gasteiger partial charge in [-0.1, -0.05) is 6.92 Å². The Morgan fingerprint density at radius 2 is 1.82 bits per heavy atom. The molecule has 116 valence electrons. The maximum Gasteiger partial charge on any atom is 0.135 e.